The first-order chi connectivity index (χ1) is 10.0. The zero-order valence-electron chi connectivity index (χ0n) is 12.0. The summed E-state index contributed by atoms with van der Waals surface area (Å²) in [4.78, 5) is 10.2. The van der Waals surface area contributed by atoms with Gasteiger partial charge in [0.1, 0.15) is 12.4 Å². The lowest BCUT2D eigenvalue weighted by Crippen LogP contribution is -2.00. The number of aliphatic hydroxyl groups is 1. The molecule has 0 amide bonds. The number of ether oxygens (including phenoxy) is 1. The van der Waals surface area contributed by atoms with Gasteiger partial charge in [-0.15, -0.1) is 0 Å². The summed E-state index contributed by atoms with van der Waals surface area (Å²) >= 11 is 0. The number of benzene rings is 2. The average molecular weight is 287 g/mol. The molecule has 2 rings (SSSR count). The second kappa shape index (κ2) is 6.37. The fourth-order valence-corrected chi connectivity index (χ4v) is 2.23. The van der Waals surface area contributed by atoms with Gasteiger partial charge in [0.15, 0.2) is 0 Å². The van der Waals surface area contributed by atoms with Crippen molar-refractivity contribution in [2.45, 2.75) is 27.1 Å². The zero-order chi connectivity index (χ0) is 15.4. The molecule has 110 valence electrons. The smallest absolute Gasteiger partial charge is 0.269 e. The number of non-ortho nitro benzene ring substituents is 1. The van der Waals surface area contributed by atoms with E-state index in [2.05, 4.69) is 0 Å². The third-order valence-electron chi connectivity index (χ3n) is 3.23. The predicted octanol–water partition coefficient (Wildman–Crippen LogP) is 3.28. The average Bonchev–Trinajstić information content (AvgIpc) is 2.46. The number of hydrogen-bond acceptors (Lipinski definition) is 4. The van der Waals surface area contributed by atoms with Crippen LogP contribution in [0.2, 0.25) is 0 Å². The molecule has 0 aliphatic carbocycles. The van der Waals surface area contributed by atoms with Crippen molar-refractivity contribution in [2.24, 2.45) is 0 Å². The topological polar surface area (TPSA) is 72.6 Å². The Balaban J connectivity index is 2.11. The Hall–Kier alpha value is -2.40. The maximum absolute atomic E-state index is 10.6. The first-order valence-electron chi connectivity index (χ1n) is 6.58. The standard InChI is InChI=1S/C16H17NO4/c1-11-7-14(9-18)8-12(2)16(11)21-10-13-3-5-15(6-4-13)17(19)20/h3-8,18H,9-10H2,1-2H3. The summed E-state index contributed by atoms with van der Waals surface area (Å²) in [5.41, 5.74) is 3.71. The van der Waals surface area contributed by atoms with Gasteiger partial charge in [-0.3, -0.25) is 10.1 Å². The number of aliphatic hydroxyl groups excluding tert-OH is 1. The summed E-state index contributed by atoms with van der Waals surface area (Å²) in [6.07, 6.45) is 0. The van der Waals surface area contributed by atoms with Crippen LogP contribution in [0.5, 0.6) is 5.75 Å². The largest absolute Gasteiger partial charge is 0.488 e. The summed E-state index contributed by atoms with van der Waals surface area (Å²) in [5, 5.41) is 19.8. The number of rotatable bonds is 5. The van der Waals surface area contributed by atoms with Crippen LogP contribution in [0.15, 0.2) is 36.4 Å². The second-order valence-corrected chi connectivity index (χ2v) is 4.93. The molecule has 0 unspecified atom stereocenters. The van der Waals surface area contributed by atoms with E-state index in [1.54, 1.807) is 12.1 Å². The van der Waals surface area contributed by atoms with Crippen LogP contribution in [0.1, 0.15) is 22.3 Å². The van der Waals surface area contributed by atoms with E-state index in [0.29, 0.717) is 6.61 Å². The first-order valence-corrected chi connectivity index (χ1v) is 6.58. The Morgan fingerprint density at radius 3 is 2.14 bits per heavy atom. The summed E-state index contributed by atoms with van der Waals surface area (Å²) in [6.45, 7) is 4.21. The van der Waals surface area contributed by atoms with Crippen LogP contribution < -0.4 is 4.74 Å². The summed E-state index contributed by atoms with van der Waals surface area (Å²) in [5.74, 6) is 0.783. The van der Waals surface area contributed by atoms with Crippen LogP contribution in [0.25, 0.3) is 0 Å². The van der Waals surface area contributed by atoms with Gasteiger partial charge in [0, 0.05) is 12.1 Å². The van der Waals surface area contributed by atoms with E-state index >= 15 is 0 Å². The Morgan fingerprint density at radius 2 is 1.67 bits per heavy atom. The summed E-state index contributed by atoms with van der Waals surface area (Å²) in [7, 11) is 0. The molecule has 2 aromatic carbocycles. The van der Waals surface area contributed by atoms with Gasteiger partial charge in [-0.05, 0) is 48.2 Å². The lowest BCUT2D eigenvalue weighted by atomic mass is 10.1. The van der Waals surface area contributed by atoms with Crippen molar-refractivity contribution >= 4 is 5.69 Å². The van der Waals surface area contributed by atoms with E-state index in [9.17, 15) is 10.1 Å². The van der Waals surface area contributed by atoms with E-state index in [1.165, 1.54) is 12.1 Å². The highest BCUT2D eigenvalue weighted by Crippen LogP contribution is 2.26. The van der Waals surface area contributed by atoms with Gasteiger partial charge in [-0.25, -0.2) is 0 Å². The van der Waals surface area contributed by atoms with Crippen molar-refractivity contribution in [3.05, 3.63) is 68.8 Å². The Labute approximate surface area is 123 Å². The minimum Gasteiger partial charge on any atom is -0.488 e. The SMILES string of the molecule is Cc1cc(CO)cc(C)c1OCc1ccc([N+](=O)[O-])cc1. The lowest BCUT2D eigenvalue weighted by molar-refractivity contribution is -0.384. The van der Waals surface area contributed by atoms with Gasteiger partial charge >= 0.3 is 0 Å². The van der Waals surface area contributed by atoms with Gasteiger partial charge in [0.25, 0.3) is 5.69 Å². The normalized spacial score (nSPS) is 10.4. The Bertz CT molecular complexity index is 627. The van der Waals surface area contributed by atoms with Crippen LogP contribution in [-0.4, -0.2) is 10.0 Å². The molecule has 0 aromatic heterocycles. The first kappa shape index (κ1) is 15.0. The van der Waals surface area contributed by atoms with Crippen molar-refractivity contribution in [1.82, 2.24) is 0 Å². The Kier molecular flexibility index (Phi) is 4.55. The van der Waals surface area contributed by atoms with Crippen molar-refractivity contribution in [1.29, 1.82) is 0 Å². The Morgan fingerprint density at radius 1 is 1.10 bits per heavy atom. The van der Waals surface area contributed by atoms with Crippen molar-refractivity contribution in [3.63, 3.8) is 0 Å². The third kappa shape index (κ3) is 3.58. The monoisotopic (exact) mass is 287 g/mol. The van der Waals surface area contributed by atoms with E-state index in [4.69, 9.17) is 9.84 Å². The molecule has 0 fully saturated rings. The molecule has 5 heteroatoms. The third-order valence-corrected chi connectivity index (χ3v) is 3.23. The molecular formula is C16H17NO4. The summed E-state index contributed by atoms with van der Waals surface area (Å²) < 4.78 is 5.80. The van der Waals surface area contributed by atoms with Crippen LogP contribution in [0, 0.1) is 24.0 Å². The molecule has 0 aliphatic rings. The summed E-state index contributed by atoms with van der Waals surface area (Å²) in [6, 6.07) is 10.1. The van der Waals surface area contributed by atoms with Gasteiger partial charge < -0.3 is 9.84 Å². The second-order valence-electron chi connectivity index (χ2n) is 4.93. The van der Waals surface area contributed by atoms with Crippen LogP contribution in [0.4, 0.5) is 5.69 Å². The highest BCUT2D eigenvalue weighted by atomic mass is 16.6. The molecule has 0 heterocycles. The molecule has 1 N–H and O–H groups in total. The highest BCUT2D eigenvalue weighted by Gasteiger charge is 2.08. The van der Waals surface area contributed by atoms with Crippen molar-refractivity contribution < 1.29 is 14.8 Å². The van der Waals surface area contributed by atoms with Gasteiger partial charge in [0.05, 0.1) is 11.5 Å². The van der Waals surface area contributed by atoms with Crippen molar-refractivity contribution in [2.75, 3.05) is 0 Å². The molecule has 2 aromatic rings. The number of nitro groups is 1. The fourth-order valence-electron chi connectivity index (χ4n) is 2.23. The number of aryl methyl sites for hydroxylation is 2. The van der Waals surface area contributed by atoms with Gasteiger partial charge in [0.2, 0.25) is 0 Å². The number of nitrogens with zero attached hydrogens (tertiary/aromatic N) is 1. The van der Waals surface area contributed by atoms with E-state index in [0.717, 1.165) is 28.0 Å². The molecule has 0 saturated carbocycles. The van der Waals surface area contributed by atoms with Gasteiger partial charge in [-0.2, -0.15) is 0 Å². The minimum absolute atomic E-state index is 0.00428. The quantitative estimate of drug-likeness (QED) is 0.676. The van der Waals surface area contributed by atoms with Crippen LogP contribution in [0.3, 0.4) is 0 Å². The van der Waals surface area contributed by atoms with E-state index < -0.39 is 4.92 Å². The van der Waals surface area contributed by atoms with Crippen LogP contribution in [-0.2, 0) is 13.2 Å². The highest BCUT2D eigenvalue weighted by molar-refractivity contribution is 5.43. The minimum atomic E-state index is -0.424. The van der Waals surface area contributed by atoms with Gasteiger partial charge in [-0.1, -0.05) is 12.1 Å². The van der Waals surface area contributed by atoms with E-state index in [-0.39, 0.29) is 12.3 Å². The fraction of sp³-hybridized carbons (Fsp3) is 0.250. The molecule has 0 bridgehead atoms. The van der Waals surface area contributed by atoms with Crippen molar-refractivity contribution in [3.8, 4) is 5.75 Å². The number of nitro benzene ring substituents is 1. The molecule has 0 saturated heterocycles. The molecule has 0 aliphatic heterocycles. The zero-order valence-corrected chi connectivity index (χ0v) is 12.0. The number of hydrogen-bond donors (Lipinski definition) is 1. The molecule has 5 nitrogen and oxygen atoms in total. The predicted molar refractivity (Wildman–Crippen MR) is 79.3 cm³/mol. The molecular weight excluding hydrogens is 270 g/mol. The van der Waals surface area contributed by atoms with E-state index in [1.807, 2.05) is 26.0 Å². The lowest BCUT2D eigenvalue weighted by Gasteiger charge is -2.13. The van der Waals surface area contributed by atoms with Crippen LogP contribution >= 0.6 is 0 Å². The molecule has 21 heavy (non-hydrogen) atoms. The molecule has 0 radical (unpaired) electrons. The maximum Gasteiger partial charge on any atom is 0.269 e. The molecule has 0 atom stereocenters. The maximum atomic E-state index is 10.6. The molecule has 0 spiro atoms.